The first-order valence-corrected chi connectivity index (χ1v) is 7.40. The standard InChI is InChI=1S/C8H3Cl2IO6/c9-3-1-2(7(12)13)6(11(16)17)5(10)4(3)8(14)15/h1H,(H,12,13)(H,14,15). The zero-order chi connectivity index (χ0) is 13.3. The Morgan fingerprint density at radius 1 is 1.12 bits per heavy atom. The Kier molecular flexibility index (Phi) is 4.28. The number of hydrogen-bond acceptors (Lipinski definition) is 4. The van der Waals surface area contributed by atoms with Crippen molar-refractivity contribution in [2.45, 2.75) is 0 Å². The zero-order valence-electron chi connectivity index (χ0n) is 7.74. The smallest absolute Gasteiger partial charge is 0.343 e. The van der Waals surface area contributed by atoms with E-state index in [-0.39, 0.29) is 0 Å². The van der Waals surface area contributed by atoms with E-state index in [0.717, 1.165) is 6.07 Å². The number of halogens is 3. The first kappa shape index (κ1) is 14.1. The number of carbonyl (C=O) groups is 2. The van der Waals surface area contributed by atoms with Crippen LogP contribution in [0.5, 0.6) is 0 Å². The molecule has 0 spiro atoms. The molecule has 6 nitrogen and oxygen atoms in total. The topological polar surface area (TPSA) is 109 Å². The fourth-order valence-corrected chi connectivity index (χ4v) is 3.62. The van der Waals surface area contributed by atoms with Gasteiger partial charge in [0.05, 0.1) is 21.2 Å². The fourth-order valence-electron chi connectivity index (χ4n) is 1.10. The Labute approximate surface area is 111 Å². The van der Waals surface area contributed by atoms with Crippen molar-refractivity contribution >= 4 is 54.9 Å². The highest BCUT2D eigenvalue weighted by Crippen LogP contribution is 2.36. The van der Waals surface area contributed by atoms with Gasteiger partial charge in [-0.25, -0.2) is 15.7 Å². The lowest BCUT2D eigenvalue weighted by Gasteiger charge is -2.06. The summed E-state index contributed by atoms with van der Waals surface area (Å²) in [6.07, 6.45) is 0. The number of hydrogen-bond donors (Lipinski definition) is 2. The number of carboxylic acid groups (broad SMARTS) is 2. The van der Waals surface area contributed by atoms with Gasteiger partial charge in [0.15, 0.2) is 0 Å². The molecule has 0 aliphatic rings. The molecular weight excluding hydrogens is 390 g/mol. The van der Waals surface area contributed by atoms with E-state index >= 15 is 0 Å². The van der Waals surface area contributed by atoms with Gasteiger partial charge < -0.3 is 10.2 Å². The van der Waals surface area contributed by atoms with Crippen LogP contribution in [0.15, 0.2) is 6.07 Å². The minimum Gasteiger partial charge on any atom is -0.478 e. The van der Waals surface area contributed by atoms with Crippen LogP contribution in [0.1, 0.15) is 20.7 Å². The molecule has 9 heteroatoms. The lowest BCUT2D eigenvalue weighted by atomic mass is 10.1. The number of rotatable bonds is 3. The van der Waals surface area contributed by atoms with Gasteiger partial charge in [0.25, 0.3) is 0 Å². The second-order valence-electron chi connectivity index (χ2n) is 2.74. The predicted molar refractivity (Wildman–Crippen MR) is 64.5 cm³/mol. The first-order valence-electron chi connectivity index (χ1n) is 3.81. The zero-order valence-corrected chi connectivity index (χ0v) is 11.4. The number of benzene rings is 1. The summed E-state index contributed by atoms with van der Waals surface area (Å²) in [6.45, 7) is 0. The number of carboxylic acids is 2. The van der Waals surface area contributed by atoms with Gasteiger partial charge in [0, 0.05) is 0 Å². The molecule has 0 heterocycles. The molecule has 92 valence electrons. The quantitative estimate of drug-likeness (QED) is 0.604. The maximum absolute atomic E-state index is 11.0. The molecule has 0 saturated heterocycles. The molecule has 2 N–H and O–H groups in total. The molecule has 0 saturated carbocycles. The van der Waals surface area contributed by atoms with Crippen LogP contribution >= 0.6 is 43.0 Å². The van der Waals surface area contributed by atoms with Crippen LogP contribution in [0.4, 0.5) is 0 Å². The first-order chi connectivity index (χ1) is 7.77. The van der Waals surface area contributed by atoms with E-state index in [1.54, 1.807) is 0 Å². The highest BCUT2D eigenvalue weighted by atomic mass is 127. The van der Waals surface area contributed by atoms with Crippen LogP contribution in [0.25, 0.3) is 0 Å². The highest BCUT2D eigenvalue weighted by molar-refractivity contribution is 14.2. The fraction of sp³-hybridized carbons (Fsp3) is 0. The predicted octanol–water partition coefficient (Wildman–Crippen LogP) is 2.76. The van der Waals surface area contributed by atoms with Crippen LogP contribution in [-0.2, 0) is 6.14 Å². The van der Waals surface area contributed by atoms with Gasteiger partial charge in [-0.1, -0.05) is 23.2 Å². The molecule has 0 atom stereocenters. The Balaban J connectivity index is 3.83. The van der Waals surface area contributed by atoms with Gasteiger partial charge in [-0.15, -0.1) is 0 Å². The molecule has 0 amide bonds. The normalized spacial score (nSPS) is 10.5. The van der Waals surface area contributed by atoms with Crippen LogP contribution in [0.3, 0.4) is 0 Å². The molecule has 1 rings (SSSR count). The third-order valence-corrected chi connectivity index (χ3v) is 4.75. The van der Waals surface area contributed by atoms with E-state index in [0.29, 0.717) is 0 Å². The van der Waals surface area contributed by atoms with Crippen molar-refractivity contribution in [1.82, 2.24) is 0 Å². The van der Waals surface area contributed by atoms with Gasteiger partial charge in [-0.2, -0.15) is 0 Å². The van der Waals surface area contributed by atoms with E-state index < -0.39 is 56.5 Å². The maximum Gasteiger partial charge on any atom is 0.343 e. The summed E-state index contributed by atoms with van der Waals surface area (Å²) < 4.78 is 21.3. The van der Waals surface area contributed by atoms with E-state index in [9.17, 15) is 15.7 Å². The van der Waals surface area contributed by atoms with Crippen molar-refractivity contribution in [3.05, 3.63) is 30.8 Å². The molecule has 17 heavy (non-hydrogen) atoms. The summed E-state index contributed by atoms with van der Waals surface area (Å²) in [5, 5.41) is 16.5. The Morgan fingerprint density at radius 2 is 1.65 bits per heavy atom. The van der Waals surface area contributed by atoms with E-state index in [2.05, 4.69) is 0 Å². The monoisotopic (exact) mass is 392 g/mol. The lowest BCUT2D eigenvalue weighted by Crippen LogP contribution is -2.07. The van der Waals surface area contributed by atoms with Crippen molar-refractivity contribution in [3.8, 4) is 0 Å². The SMILES string of the molecule is O=C(O)c1cc(Cl)c(C(=O)O)c(Cl)c1I(=O)=O. The van der Waals surface area contributed by atoms with Gasteiger partial charge in [-0.3, -0.25) is 0 Å². The summed E-state index contributed by atoms with van der Waals surface area (Å²) >= 11 is 6.84. The largest absolute Gasteiger partial charge is 0.478 e. The average molecular weight is 393 g/mol. The molecule has 1 aromatic rings. The van der Waals surface area contributed by atoms with Crippen molar-refractivity contribution in [2.75, 3.05) is 0 Å². The van der Waals surface area contributed by atoms with E-state index in [1.165, 1.54) is 0 Å². The van der Waals surface area contributed by atoms with E-state index in [4.69, 9.17) is 33.4 Å². The summed E-state index contributed by atoms with van der Waals surface area (Å²) in [5.41, 5.74) is -1.25. The third kappa shape index (κ3) is 2.67. The molecule has 0 fully saturated rings. The third-order valence-electron chi connectivity index (χ3n) is 1.76. The second kappa shape index (κ2) is 5.15. The van der Waals surface area contributed by atoms with Crippen molar-refractivity contribution < 1.29 is 25.9 Å². The van der Waals surface area contributed by atoms with Crippen molar-refractivity contribution in [2.24, 2.45) is 0 Å². The maximum atomic E-state index is 11.0. The molecule has 0 bridgehead atoms. The van der Waals surface area contributed by atoms with Crippen molar-refractivity contribution in [3.63, 3.8) is 0 Å². The summed E-state index contributed by atoms with van der Waals surface area (Å²) in [6, 6.07) is 0.759. The highest BCUT2D eigenvalue weighted by Gasteiger charge is 2.26. The molecular formula is C8H3Cl2IO6. The molecule has 0 unspecified atom stereocenters. The van der Waals surface area contributed by atoms with Crippen LogP contribution in [0, 0.1) is 3.57 Å². The van der Waals surface area contributed by atoms with Gasteiger partial charge in [0.2, 0.25) is 0 Å². The Hall–Kier alpha value is -0.930. The molecule has 0 aromatic heterocycles. The van der Waals surface area contributed by atoms with E-state index in [1.807, 2.05) is 0 Å². The van der Waals surface area contributed by atoms with Crippen LogP contribution < -0.4 is 0 Å². The summed E-state index contributed by atoms with van der Waals surface area (Å²) in [4.78, 5) is 21.6. The molecule has 0 aliphatic carbocycles. The number of aromatic carboxylic acids is 2. The summed E-state index contributed by atoms with van der Waals surface area (Å²) in [5.74, 6) is -3.08. The Bertz CT molecular complexity index is 584. The minimum atomic E-state index is -4.26. The Morgan fingerprint density at radius 3 is 2.00 bits per heavy atom. The average Bonchev–Trinajstić information content (AvgIpc) is 2.14. The van der Waals surface area contributed by atoms with Gasteiger partial charge in [0.1, 0.15) is 3.57 Å². The summed E-state index contributed by atoms with van der Waals surface area (Å²) in [7, 11) is 0. The van der Waals surface area contributed by atoms with Gasteiger partial charge >= 0.3 is 31.7 Å². The van der Waals surface area contributed by atoms with Crippen molar-refractivity contribution in [1.29, 1.82) is 0 Å². The van der Waals surface area contributed by atoms with Crippen LogP contribution in [-0.4, -0.2) is 22.2 Å². The molecule has 1 aromatic carbocycles. The molecule has 0 aliphatic heterocycles. The minimum absolute atomic E-state index is 0.429. The lowest BCUT2D eigenvalue weighted by molar-refractivity contribution is 0.0680. The van der Waals surface area contributed by atoms with Gasteiger partial charge in [-0.05, 0) is 6.07 Å². The second-order valence-corrected chi connectivity index (χ2v) is 5.84. The van der Waals surface area contributed by atoms with Crippen LogP contribution in [0.2, 0.25) is 10.0 Å². The molecule has 0 radical (unpaired) electrons.